The van der Waals surface area contributed by atoms with Gasteiger partial charge in [0.25, 0.3) is 0 Å². The molecule has 0 bridgehead atoms. The van der Waals surface area contributed by atoms with Gasteiger partial charge >= 0.3 is 0 Å². The second-order valence-electron chi connectivity index (χ2n) is 4.21. The summed E-state index contributed by atoms with van der Waals surface area (Å²) in [5, 5.41) is 3.57. The SMILES string of the molecule is CCNC1(C)Cc2ccccc2C1. The van der Waals surface area contributed by atoms with Crippen LogP contribution in [0.4, 0.5) is 0 Å². The molecule has 0 aromatic heterocycles. The van der Waals surface area contributed by atoms with E-state index >= 15 is 0 Å². The van der Waals surface area contributed by atoms with Gasteiger partial charge in [0.15, 0.2) is 0 Å². The normalized spacial score (nSPS) is 18.6. The fraction of sp³-hybridized carbons (Fsp3) is 0.500. The fourth-order valence-electron chi connectivity index (χ4n) is 2.36. The first-order valence-corrected chi connectivity index (χ1v) is 5.05. The Morgan fingerprint density at radius 2 is 1.77 bits per heavy atom. The van der Waals surface area contributed by atoms with Gasteiger partial charge in [0.2, 0.25) is 0 Å². The Bertz CT molecular complexity index is 279. The number of nitrogens with one attached hydrogen (secondary N) is 1. The van der Waals surface area contributed by atoms with Crippen LogP contribution in [0.25, 0.3) is 0 Å². The highest BCUT2D eigenvalue weighted by Gasteiger charge is 2.31. The highest BCUT2D eigenvalue weighted by Crippen LogP contribution is 2.29. The quantitative estimate of drug-likeness (QED) is 0.726. The number of rotatable bonds is 2. The van der Waals surface area contributed by atoms with Crippen LogP contribution in [0, 0.1) is 0 Å². The summed E-state index contributed by atoms with van der Waals surface area (Å²) in [6, 6.07) is 8.77. The Hall–Kier alpha value is -0.820. The van der Waals surface area contributed by atoms with Crippen LogP contribution in [0.3, 0.4) is 0 Å². The van der Waals surface area contributed by atoms with Crippen molar-refractivity contribution in [3.8, 4) is 0 Å². The minimum atomic E-state index is 0.304. The van der Waals surface area contributed by atoms with Crippen molar-refractivity contribution in [1.82, 2.24) is 5.32 Å². The average molecular weight is 175 g/mol. The third-order valence-corrected chi connectivity index (χ3v) is 2.88. The Kier molecular flexibility index (Phi) is 2.12. The summed E-state index contributed by atoms with van der Waals surface area (Å²) in [5.74, 6) is 0. The van der Waals surface area contributed by atoms with Gasteiger partial charge in [-0.1, -0.05) is 31.2 Å². The number of hydrogen-bond donors (Lipinski definition) is 1. The molecular formula is C12H17N. The number of fused-ring (bicyclic) bond motifs is 1. The molecule has 1 aliphatic rings. The summed E-state index contributed by atoms with van der Waals surface area (Å²) in [5.41, 5.74) is 3.34. The molecule has 0 radical (unpaired) electrons. The molecule has 2 rings (SSSR count). The zero-order chi connectivity index (χ0) is 9.31. The van der Waals surface area contributed by atoms with Crippen molar-refractivity contribution < 1.29 is 0 Å². The topological polar surface area (TPSA) is 12.0 Å². The van der Waals surface area contributed by atoms with E-state index in [-0.39, 0.29) is 0 Å². The minimum absolute atomic E-state index is 0.304. The van der Waals surface area contributed by atoms with E-state index in [1.807, 2.05) is 0 Å². The lowest BCUT2D eigenvalue weighted by Gasteiger charge is -2.24. The summed E-state index contributed by atoms with van der Waals surface area (Å²) in [7, 11) is 0. The molecule has 70 valence electrons. The van der Waals surface area contributed by atoms with E-state index in [0.29, 0.717) is 5.54 Å². The lowest BCUT2D eigenvalue weighted by molar-refractivity contribution is 0.383. The second kappa shape index (κ2) is 3.15. The molecule has 0 atom stereocenters. The van der Waals surface area contributed by atoms with Gasteiger partial charge in [-0.15, -0.1) is 0 Å². The molecule has 0 heterocycles. The monoisotopic (exact) mass is 175 g/mol. The van der Waals surface area contributed by atoms with Gasteiger partial charge in [0.05, 0.1) is 0 Å². The molecule has 1 aromatic rings. The lowest BCUT2D eigenvalue weighted by atomic mass is 9.99. The van der Waals surface area contributed by atoms with Crippen LogP contribution >= 0.6 is 0 Å². The molecule has 1 heteroatoms. The van der Waals surface area contributed by atoms with Crippen molar-refractivity contribution >= 4 is 0 Å². The van der Waals surface area contributed by atoms with Gasteiger partial charge in [0, 0.05) is 5.54 Å². The van der Waals surface area contributed by atoms with Gasteiger partial charge in [0.1, 0.15) is 0 Å². The maximum Gasteiger partial charge on any atom is 0.0233 e. The van der Waals surface area contributed by atoms with Crippen LogP contribution in [-0.2, 0) is 12.8 Å². The van der Waals surface area contributed by atoms with E-state index in [4.69, 9.17) is 0 Å². The third-order valence-electron chi connectivity index (χ3n) is 2.88. The van der Waals surface area contributed by atoms with Crippen molar-refractivity contribution in [3.63, 3.8) is 0 Å². The zero-order valence-corrected chi connectivity index (χ0v) is 8.43. The third kappa shape index (κ3) is 1.61. The molecule has 0 amide bonds. The van der Waals surface area contributed by atoms with Crippen molar-refractivity contribution in [2.24, 2.45) is 0 Å². The Morgan fingerprint density at radius 3 is 2.23 bits per heavy atom. The van der Waals surface area contributed by atoms with Crippen molar-refractivity contribution in [2.45, 2.75) is 32.2 Å². The first-order chi connectivity index (χ1) is 6.23. The van der Waals surface area contributed by atoms with Gasteiger partial charge in [-0.25, -0.2) is 0 Å². The van der Waals surface area contributed by atoms with E-state index in [9.17, 15) is 0 Å². The maximum atomic E-state index is 3.57. The van der Waals surface area contributed by atoms with Crippen molar-refractivity contribution in [1.29, 1.82) is 0 Å². The smallest absolute Gasteiger partial charge is 0.0233 e. The molecule has 0 aliphatic heterocycles. The average Bonchev–Trinajstić information content (AvgIpc) is 2.40. The summed E-state index contributed by atoms with van der Waals surface area (Å²) >= 11 is 0. The summed E-state index contributed by atoms with van der Waals surface area (Å²) in [4.78, 5) is 0. The van der Waals surface area contributed by atoms with Crippen LogP contribution in [-0.4, -0.2) is 12.1 Å². The van der Waals surface area contributed by atoms with Gasteiger partial charge in [-0.05, 0) is 37.4 Å². The number of likely N-dealkylation sites (N-methyl/N-ethyl adjacent to an activating group) is 1. The first-order valence-electron chi connectivity index (χ1n) is 5.05. The molecule has 13 heavy (non-hydrogen) atoms. The van der Waals surface area contributed by atoms with Crippen LogP contribution in [0.15, 0.2) is 24.3 Å². The Labute approximate surface area is 80.2 Å². The van der Waals surface area contributed by atoms with E-state index in [1.165, 1.54) is 24.0 Å². The summed E-state index contributed by atoms with van der Waals surface area (Å²) in [6.07, 6.45) is 2.36. The van der Waals surface area contributed by atoms with E-state index < -0.39 is 0 Å². The van der Waals surface area contributed by atoms with E-state index in [2.05, 4.69) is 43.4 Å². The zero-order valence-electron chi connectivity index (χ0n) is 8.43. The minimum Gasteiger partial charge on any atom is -0.311 e. The highest BCUT2D eigenvalue weighted by atomic mass is 15.0. The molecule has 0 saturated carbocycles. The molecule has 0 saturated heterocycles. The maximum absolute atomic E-state index is 3.57. The van der Waals surface area contributed by atoms with Crippen LogP contribution < -0.4 is 5.32 Å². The van der Waals surface area contributed by atoms with Crippen LogP contribution in [0.1, 0.15) is 25.0 Å². The van der Waals surface area contributed by atoms with E-state index in [0.717, 1.165) is 6.54 Å². The highest BCUT2D eigenvalue weighted by molar-refractivity contribution is 5.35. The molecule has 0 spiro atoms. The number of hydrogen-bond acceptors (Lipinski definition) is 1. The molecule has 0 unspecified atom stereocenters. The predicted octanol–water partition coefficient (Wildman–Crippen LogP) is 2.15. The largest absolute Gasteiger partial charge is 0.311 e. The van der Waals surface area contributed by atoms with Crippen LogP contribution in [0.5, 0.6) is 0 Å². The first kappa shape index (κ1) is 8.76. The van der Waals surface area contributed by atoms with Crippen LogP contribution in [0.2, 0.25) is 0 Å². The second-order valence-corrected chi connectivity index (χ2v) is 4.21. The Morgan fingerprint density at radius 1 is 1.23 bits per heavy atom. The Balaban J connectivity index is 2.21. The van der Waals surface area contributed by atoms with Gasteiger partial charge < -0.3 is 5.32 Å². The molecule has 1 N–H and O–H groups in total. The predicted molar refractivity (Wildman–Crippen MR) is 55.9 cm³/mol. The summed E-state index contributed by atoms with van der Waals surface area (Å²) < 4.78 is 0. The molecule has 1 aliphatic carbocycles. The van der Waals surface area contributed by atoms with E-state index in [1.54, 1.807) is 0 Å². The molecule has 1 nitrogen and oxygen atoms in total. The standard InChI is InChI=1S/C12H17N/c1-3-13-12(2)8-10-6-4-5-7-11(10)9-12/h4-7,13H,3,8-9H2,1-2H3. The van der Waals surface area contributed by atoms with Crippen molar-refractivity contribution in [2.75, 3.05) is 6.54 Å². The fourth-order valence-corrected chi connectivity index (χ4v) is 2.36. The summed E-state index contributed by atoms with van der Waals surface area (Å²) in [6.45, 7) is 5.55. The molecule has 0 fully saturated rings. The number of benzene rings is 1. The molecule has 1 aromatic carbocycles. The van der Waals surface area contributed by atoms with Gasteiger partial charge in [-0.3, -0.25) is 0 Å². The van der Waals surface area contributed by atoms with Crippen molar-refractivity contribution in [3.05, 3.63) is 35.4 Å². The van der Waals surface area contributed by atoms with Gasteiger partial charge in [-0.2, -0.15) is 0 Å². The lowest BCUT2D eigenvalue weighted by Crippen LogP contribution is -2.42. The molecular weight excluding hydrogens is 158 g/mol.